The number of halogens is 1. The maximum absolute atomic E-state index is 11.9. The largest absolute Gasteiger partial charge is 0.478 e. The van der Waals surface area contributed by atoms with Crippen molar-refractivity contribution >= 4 is 29.3 Å². The van der Waals surface area contributed by atoms with E-state index in [1.165, 1.54) is 12.1 Å². The van der Waals surface area contributed by atoms with Crippen LogP contribution in [0.25, 0.3) is 0 Å². The van der Waals surface area contributed by atoms with Gasteiger partial charge in [0, 0.05) is 12.2 Å². The van der Waals surface area contributed by atoms with Crippen LogP contribution in [-0.2, 0) is 0 Å². The van der Waals surface area contributed by atoms with Gasteiger partial charge >= 0.3 is 12.0 Å². The van der Waals surface area contributed by atoms with Crippen LogP contribution in [0.1, 0.15) is 43.0 Å². The van der Waals surface area contributed by atoms with E-state index in [1.54, 1.807) is 6.07 Å². The highest BCUT2D eigenvalue weighted by Crippen LogP contribution is 2.48. The molecule has 5 nitrogen and oxygen atoms in total. The maximum atomic E-state index is 11.9. The Kier molecular flexibility index (Phi) is 4.73. The number of urea groups is 1. The number of carbonyl (C=O) groups is 2. The van der Waals surface area contributed by atoms with Crippen LogP contribution in [0.15, 0.2) is 18.2 Å². The van der Waals surface area contributed by atoms with Crippen LogP contribution in [-0.4, -0.2) is 23.7 Å². The molecule has 0 spiro atoms. The first-order chi connectivity index (χ1) is 9.96. The van der Waals surface area contributed by atoms with Crippen molar-refractivity contribution < 1.29 is 14.7 Å². The van der Waals surface area contributed by atoms with Crippen molar-refractivity contribution in [3.8, 4) is 0 Å². The fourth-order valence-corrected chi connectivity index (χ4v) is 2.63. The number of rotatable bonds is 6. The third-order valence-corrected chi connectivity index (χ3v) is 4.15. The second-order valence-electron chi connectivity index (χ2n) is 5.56. The molecule has 1 aromatic carbocycles. The molecule has 21 heavy (non-hydrogen) atoms. The molecule has 2 rings (SSSR count). The minimum absolute atomic E-state index is 0.0286. The third kappa shape index (κ3) is 4.11. The Bertz CT molecular complexity index is 556. The predicted molar refractivity (Wildman–Crippen MR) is 82.0 cm³/mol. The molecule has 1 aliphatic carbocycles. The standard InChI is InChI=1S/C15H19ClN2O3/c1-2-5-15(6-7-15)9-17-14(21)18-10-3-4-12(16)11(8-10)13(19)20/h3-4,8H,2,5-7,9H2,1H3,(H,19,20)(H2,17,18,21). The molecule has 2 amide bonds. The fourth-order valence-electron chi connectivity index (χ4n) is 2.43. The molecule has 1 aromatic rings. The number of benzene rings is 1. The molecule has 0 aliphatic heterocycles. The van der Waals surface area contributed by atoms with E-state index in [4.69, 9.17) is 16.7 Å². The van der Waals surface area contributed by atoms with Crippen LogP contribution in [0.3, 0.4) is 0 Å². The second-order valence-corrected chi connectivity index (χ2v) is 5.96. The molecule has 1 saturated carbocycles. The molecule has 0 bridgehead atoms. The minimum atomic E-state index is -1.12. The lowest BCUT2D eigenvalue weighted by Gasteiger charge is -2.15. The molecule has 0 radical (unpaired) electrons. The van der Waals surface area contributed by atoms with E-state index in [9.17, 15) is 9.59 Å². The summed E-state index contributed by atoms with van der Waals surface area (Å²) in [6, 6.07) is 4.06. The van der Waals surface area contributed by atoms with Gasteiger partial charge in [0.15, 0.2) is 0 Å². The molecule has 0 unspecified atom stereocenters. The van der Waals surface area contributed by atoms with Crippen molar-refractivity contribution in [2.45, 2.75) is 32.6 Å². The van der Waals surface area contributed by atoms with Gasteiger partial charge in [0.2, 0.25) is 0 Å². The van der Waals surface area contributed by atoms with Crippen LogP contribution in [0, 0.1) is 5.41 Å². The predicted octanol–water partition coefficient (Wildman–Crippen LogP) is 3.74. The maximum Gasteiger partial charge on any atom is 0.337 e. The lowest BCUT2D eigenvalue weighted by atomic mass is 10.0. The molecule has 1 aliphatic rings. The van der Waals surface area contributed by atoms with Gasteiger partial charge in [-0.05, 0) is 42.9 Å². The summed E-state index contributed by atoms with van der Waals surface area (Å²) in [7, 11) is 0. The van der Waals surface area contributed by atoms with Crippen molar-refractivity contribution in [2.75, 3.05) is 11.9 Å². The third-order valence-electron chi connectivity index (χ3n) is 3.82. The summed E-state index contributed by atoms with van der Waals surface area (Å²) in [6.45, 7) is 2.80. The van der Waals surface area contributed by atoms with Gasteiger partial charge in [-0.25, -0.2) is 9.59 Å². The Balaban J connectivity index is 1.91. The number of amides is 2. The number of carboxylic acid groups (broad SMARTS) is 1. The minimum Gasteiger partial charge on any atom is -0.478 e. The Morgan fingerprint density at radius 1 is 1.38 bits per heavy atom. The summed E-state index contributed by atoms with van der Waals surface area (Å²) < 4.78 is 0. The number of carbonyl (C=O) groups excluding carboxylic acids is 1. The first kappa shape index (κ1) is 15.6. The van der Waals surface area contributed by atoms with E-state index in [0.29, 0.717) is 12.2 Å². The summed E-state index contributed by atoms with van der Waals surface area (Å²) in [5.74, 6) is -1.12. The quantitative estimate of drug-likeness (QED) is 0.749. The normalized spacial score (nSPS) is 15.3. The zero-order valence-electron chi connectivity index (χ0n) is 11.9. The highest BCUT2D eigenvalue weighted by molar-refractivity contribution is 6.33. The van der Waals surface area contributed by atoms with E-state index in [-0.39, 0.29) is 22.0 Å². The molecular weight excluding hydrogens is 292 g/mol. The van der Waals surface area contributed by atoms with Gasteiger partial charge < -0.3 is 15.7 Å². The number of nitrogens with one attached hydrogen (secondary N) is 2. The van der Waals surface area contributed by atoms with E-state index in [2.05, 4.69) is 17.6 Å². The molecule has 1 fully saturated rings. The Morgan fingerprint density at radius 2 is 2.10 bits per heavy atom. The van der Waals surface area contributed by atoms with E-state index >= 15 is 0 Å². The highest BCUT2D eigenvalue weighted by Gasteiger charge is 2.41. The van der Waals surface area contributed by atoms with Gasteiger partial charge in [-0.15, -0.1) is 0 Å². The molecule has 0 aromatic heterocycles. The zero-order valence-corrected chi connectivity index (χ0v) is 12.7. The lowest BCUT2D eigenvalue weighted by molar-refractivity contribution is 0.0697. The topological polar surface area (TPSA) is 78.4 Å². The van der Waals surface area contributed by atoms with E-state index < -0.39 is 5.97 Å². The average molecular weight is 311 g/mol. The van der Waals surface area contributed by atoms with Crippen molar-refractivity contribution in [3.05, 3.63) is 28.8 Å². The Labute approximate surface area is 128 Å². The smallest absolute Gasteiger partial charge is 0.337 e. The monoisotopic (exact) mass is 310 g/mol. The van der Waals surface area contributed by atoms with Crippen LogP contribution in [0.2, 0.25) is 5.02 Å². The summed E-state index contributed by atoms with van der Waals surface area (Å²) in [6.07, 6.45) is 4.55. The van der Waals surface area contributed by atoms with Gasteiger partial charge in [-0.2, -0.15) is 0 Å². The Hall–Kier alpha value is -1.75. The number of carboxylic acids is 1. The molecule has 114 valence electrons. The number of hydrogen-bond donors (Lipinski definition) is 3. The van der Waals surface area contributed by atoms with Gasteiger partial charge in [0.05, 0.1) is 10.6 Å². The lowest BCUT2D eigenvalue weighted by Crippen LogP contribution is -2.33. The highest BCUT2D eigenvalue weighted by atomic mass is 35.5. The van der Waals surface area contributed by atoms with Crippen molar-refractivity contribution in [3.63, 3.8) is 0 Å². The zero-order chi connectivity index (χ0) is 15.5. The molecule has 0 atom stereocenters. The van der Waals surface area contributed by atoms with Crippen molar-refractivity contribution in [1.82, 2.24) is 5.32 Å². The van der Waals surface area contributed by atoms with Crippen LogP contribution >= 0.6 is 11.6 Å². The molecule has 0 heterocycles. The van der Waals surface area contributed by atoms with Gasteiger partial charge in [0.1, 0.15) is 0 Å². The summed E-state index contributed by atoms with van der Waals surface area (Å²) in [4.78, 5) is 22.8. The first-order valence-electron chi connectivity index (χ1n) is 7.03. The fraction of sp³-hybridized carbons (Fsp3) is 0.467. The molecular formula is C15H19ClN2O3. The average Bonchev–Trinajstić information content (AvgIpc) is 3.19. The van der Waals surface area contributed by atoms with Crippen molar-refractivity contribution in [2.24, 2.45) is 5.41 Å². The summed E-state index contributed by atoms with van der Waals surface area (Å²) in [5.41, 5.74) is 0.659. The van der Waals surface area contributed by atoms with Crippen LogP contribution in [0.4, 0.5) is 10.5 Å². The first-order valence-corrected chi connectivity index (χ1v) is 7.41. The molecule has 6 heteroatoms. The SMILES string of the molecule is CCCC1(CNC(=O)Nc2ccc(Cl)c(C(=O)O)c2)CC1. The summed E-state index contributed by atoms with van der Waals surface area (Å²) in [5, 5.41) is 14.6. The van der Waals surface area contributed by atoms with Crippen LogP contribution in [0.5, 0.6) is 0 Å². The number of anilines is 1. The molecule has 0 saturated heterocycles. The Morgan fingerprint density at radius 3 is 2.67 bits per heavy atom. The van der Waals surface area contributed by atoms with Gasteiger partial charge in [-0.3, -0.25) is 0 Å². The van der Waals surface area contributed by atoms with E-state index in [0.717, 1.165) is 25.7 Å². The number of aromatic carboxylic acids is 1. The van der Waals surface area contributed by atoms with Crippen molar-refractivity contribution in [1.29, 1.82) is 0 Å². The number of hydrogen-bond acceptors (Lipinski definition) is 2. The summed E-state index contributed by atoms with van der Waals surface area (Å²) >= 11 is 5.78. The van der Waals surface area contributed by atoms with Gasteiger partial charge in [-0.1, -0.05) is 24.9 Å². The molecule has 3 N–H and O–H groups in total. The van der Waals surface area contributed by atoms with Crippen LogP contribution < -0.4 is 10.6 Å². The van der Waals surface area contributed by atoms with E-state index in [1.807, 2.05) is 0 Å². The second kappa shape index (κ2) is 6.35. The van der Waals surface area contributed by atoms with Gasteiger partial charge in [0.25, 0.3) is 0 Å².